The van der Waals surface area contributed by atoms with Crippen molar-refractivity contribution in [3.63, 3.8) is 0 Å². The first-order valence-electron chi connectivity index (χ1n) is 6.02. The van der Waals surface area contributed by atoms with Crippen LogP contribution in [0.4, 0.5) is 0 Å². The van der Waals surface area contributed by atoms with Crippen molar-refractivity contribution in [2.45, 2.75) is 13.3 Å². The van der Waals surface area contributed by atoms with Gasteiger partial charge < -0.3 is 10.1 Å². The molecule has 2 rings (SSSR count). The molecule has 0 saturated heterocycles. The van der Waals surface area contributed by atoms with Gasteiger partial charge in [-0.15, -0.1) is 11.3 Å². The molecule has 20 heavy (non-hydrogen) atoms. The predicted octanol–water partition coefficient (Wildman–Crippen LogP) is 0.439. The number of amides is 1. The van der Waals surface area contributed by atoms with Gasteiger partial charge in [0.1, 0.15) is 5.56 Å². The van der Waals surface area contributed by atoms with Crippen molar-refractivity contribution >= 4 is 28.2 Å². The zero-order valence-electron chi connectivity index (χ0n) is 10.8. The molecule has 2 aromatic heterocycles. The van der Waals surface area contributed by atoms with Crippen LogP contribution in [-0.4, -0.2) is 34.4 Å². The summed E-state index contributed by atoms with van der Waals surface area (Å²) in [6.07, 6.45) is 2.87. The maximum Gasteiger partial charge on any atom is 0.307 e. The number of carbonyl (C=O) groups is 2. The van der Waals surface area contributed by atoms with Gasteiger partial charge in [0.05, 0.1) is 13.0 Å². The average Bonchev–Trinajstić information content (AvgIpc) is 2.88. The molecule has 0 spiro atoms. The van der Waals surface area contributed by atoms with Crippen molar-refractivity contribution in [3.05, 3.63) is 33.7 Å². The summed E-state index contributed by atoms with van der Waals surface area (Å²) >= 11 is 1.31. The van der Waals surface area contributed by atoms with E-state index >= 15 is 0 Å². The van der Waals surface area contributed by atoms with E-state index in [1.54, 1.807) is 18.5 Å². The third kappa shape index (κ3) is 3.02. The highest BCUT2D eigenvalue weighted by atomic mass is 32.1. The van der Waals surface area contributed by atoms with E-state index in [1.807, 2.05) is 0 Å². The Bertz CT molecular complexity index is 691. The maximum atomic E-state index is 12.0. The van der Waals surface area contributed by atoms with E-state index < -0.39 is 17.4 Å². The van der Waals surface area contributed by atoms with Crippen molar-refractivity contribution in [2.24, 2.45) is 0 Å². The van der Waals surface area contributed by atoms with Gasteiger partial charge in [-0.25, -0.2) is 4.98 Å². The van der Waals surface area contributed by atoms with Crippen LogP contribution in [0.1, 0.15) is 23.7 Å². The fourth-order valence-electron chi connectivity index (χ4n) is 1.59. The Morgan fingerprint density at radius 3 is 3.05 bits per heavy atom. The van der Waals surface area contributed by atoms with Crippen LogP contribution in [0.15, 0.2) is 22.6 Å². The second kappa shape index (κ2) is 6.29. The quantitative estimate of drug-likeness (QED) is 0.808. The minimum atomic E-state index is -0.549. The summed E-state index contributed by atoms with van der Waals surface area (Å²) in [5, 5.41) is 4.21. The summed E-state index contributed by atoms with van der Waals surface area (Å²) in [5.41, 5.74) is -0.477. The number of hydrogen-bond donors (Lipinski definition) is 1. The Labute approximate surface area is 118 Å². The van der Waals surface area contributed by atoms with Crippen LogP contribution in [-0.2, 0) is 9.53 Å². The molecular weight excluding hydrogens is 282 g/mol. The zero-order valence-corrected chi connectivity index (χ0v) is 11.6. The molecule has 1 amide bonds. The van der Waals surface area contributed by atoms with Crippen molar-refractivity contribution < 1.29 is 14.3 Å². The molecule has 0 aromatic carbocycles. The Hall–Kier alpha value is -2.22. The van der Waals surface area contributed by atoms with Gasteiger partial charge in [-0.2, -0.15) is 0 Å². The molecule has 0 aliphatic carbocycles. The fourth-order valence-corrected chi connectivity index (χ4v) is 2.26. The first kappa shape index (κ1) is 14.2. The highest BCUT2D eigenvalue weighted by Crippen LogP contribution is 2.05. The lowest BCUT2D eigenvalue weighted by molar-refractivity contribution is -0.142. The van der Waals surface area contributed by atoms with Gasteiger partial charge in [-0.1, -0.05) is 0 Å². The summed E-state index contributed by atoms with van der Waals surface area (Å²) in [6, 6.07) is 0. The molecule has 0 saturated carbocycles. The number of carbonyl (C=O) groups excluding carboxylic acids is 2. The standard InChI is InChI=1S/C12H13N3O4S/c1-2-19-9(16)3-4-13-10(17)8-7-14-12-15(11(8)18)5-6-20-12/h5-7H,2-4H2,1H3,(H,13,17). The summed E-state index contributed by atoms with van der Waals surface area (Å²) < 4.78 is 6.04. The molecule has 8 heteroatoms. The zero-order chi connectivity index (χ0) is 14.5. The highest BCUT2D eigenvalue weighted by Gasteiger charge is 2.13. The minimum absolute atomic E-state index is 0.0511. The Morgan fingerprint density at radius 1 is 1.50 bits per heavy atom. The first-order chi connectivity index (χ1) is 9.63. The van der Waals surface area contributed by atoms with Crippen LogP contribution in [0.2, 0.25) is 0 Å². The van der Waals surface area contributed by atoms with Gasteiger partial charge in [0.15, 0.2) is 4.96 Å². The lowest BCUT2D eigenvalue weighted by Gasteiger charge is -2.04. The van der Waals surface area contributed by atoms with Crippen LogP contribution in [0, 0.1) is 0 Å². The number of hydrogen-bond acceptors (Lipinski definition) is 6. The van der Waals surface area contributed by atoms with Crippen LogP contribution in [0.3, 0.4) is 0 Å². The largest absolute Gasteiger partial charge is 0.466 e. The monoisotopic (exact) mass is 295 g/mol. The van der Waals surface area contributed by atoms with Crippen LogP contribution >= 0.6 is 11.3 Å². The second-order valence-corrected chi connectivity index (χ2v) is 4.72. The normalized spacial score (nSPS) is 10.4. The van der Waals surface area contributed by atoms with Gasteiger partial charge in [-0.3, -0.25) is 18.8 Å². The summed E-state index contributed by atoms with van der Waals surface area (Å²) in [6.45, 7) is 2.12. The molecule has 0 unspecified atom stereocenters. The van der Waals surface area contributed by atoms with E-state index in [1.165, 1.54) is 21.9 Å². The van der Waals surface area contributed by atoms with E-state index in [2.05, 4.69) is 10.3 Å². The summed E-state index contributed by atoms with van der Waals surface area (Å²) in [5.74, 6) is -0.941. The van der Waals surface area contributed by atoms with Crippen molar-refractivity contribution in [1.29, 1.82) is 0 Å². The molecule has 0 aliphatic rings. The number of esters is 1. The third-order valence-electron chi connectivity index (χ3n) is 2.51. The second-order valence-electron chi connectivity index (χ2n) is 3.84. The van der Waals surface area contributed by atoms with E-state index in [4.69, 9.17) is 4.74 Å². The van der Waals surface area contributed by atoms with Gasteiger partial charge >= 0.3 is 5.97 Å². The first-order valence-corrected chi connectivity index (χ1v) is 6.90. The molecule has 106 valence electrons. The molecule has 1 N–H and O–H groups in total. The molecule has 0 fully saturated rings. The number of nitrogens with zero attached hydrogens (tertiary/aromatic N) is 2. The average molecular weight is 295 g/mol. The van der Waals surface area contributed by atoms with Gasteiger partial charge in [0.25, 0.3) is 11.5 Å². The summed E-state index contributed by atoms with van der Waals surface area (Å²) in [4.78, 5) is 39.5. The molecule has 0 radical (unpaired) electrons. The van der Waals surface area contributed by atoms with Crippen molar-refractivity contribution in [1.82, 2.24) is 14.7 Å². The number of rotatable bonds is 5. The van der Waals surface area contributed by atoms with E-state index in [9.17, 15) is 14.4 Å². The lowest BCUT2D eigenvalue weighted by atomic mass is 10.3. The minimum Gasteiger partial charge on any atom is -0.466 e. The molecule has 0 aliphatic heterocycles. The number of aromatic nitrogens is 2. The SMILES string of the molecule is CCOC(=O)CCNC(=O)c1cnc2sccn2c1=O. The van der Waals surface area contributed by atoms with Gasteiger partial charge in [0.2, 0.25) is 0 Å². The number of fused-ring (bicyclic) bond motifs is 1. The smallest absolute Gasteiger partial charge is 0.307 e. The number of nitrogens with one attached hydrogen (secondary N) is 1. The topological polar surface area (TPSA) is 89.8 Å². The van der Waals surface area contributed by atoms with Gasteiger partial charge in [0, 0.05) is 24.3 Å². The maximum absolute atomic E-state index is 12.0. The van der Waals surface area contributed by atoms with Crippen LogP contribution in [0.25, 0.3) is 4.96 Å². The molecule has 0 atom stereocenters. The van der Waals surface area contributed by atoms with Crippen molar-refractivity contribution in [2.75, 3.05) is 13.2 Å². The van der Waals surface area contributed by atoms with Crippen molar-refractivity contribution in [3.8, 4) is 0 Å². The lowest BCUT2D eigenvalue weighted by Crippen LogP contribution is -2.32. The van der Waals surface area contributed by atoms with Crippen LogP contribution in [0.5, 0.6) is 0 Å². The molecular formula is C12H13N3O4S. The Kier molecular flexibility index (Phi) is 4.46. The third-order valence-corrected chi connectivity index (χ3v) is 3.28. The number of ether oxygens (including phenoxy) is 1. The van der Waals surface area contributed by atoms with Crippen LogP contribution < -0.4 is 10.9 Å². The number of thiazole rings is 1. The Balaban J connectivity index is 2.03. The van der Waals surface area contributed by atoms with Gasteiger partial charge in [-0.05, 0) is 6.92 Å². The molecule has 7 nitrogen and oxygen atoms in total. The fraction of sp³-hybridized carbons (Fsp3) is 0.333. The molecule has 0 bridgehead atoms. The highest BCUT2D eigenvalue weighted by molar-refractivity contribution is 7.15. The van der Waals surface area contributed by atoms with E-state index in [0.29, 0.717) is 11.6 Å². The molecule has 2 aromatic rings. The van der Waals surface area contributed by atoms with E-state index in [0.717, 1.165) is 0 Å². The summed E-state index contributed by atoms with van der Waals surface area (Å²) in [7, 11) is 0. The molecule has 2 heterocycles. The Morgan fingerprint density at radius 2 is 2.30 bits per heavy atom. The van der Waals surface area contributed by atoms with E-state index in [-0.39, 0.29) is 18.5 Å². The predicted molar refractivity (Wildman–Crippen MR) is 72.9 cm³/mol.